The number of nitrogens with zero attached hydrogens (tertiary/aromatic N) is 1. The number of hydrogen-bond donors (Lipinski definition) is 2. The first kappa shape index (κ1) is 14.6. The molecule has 0 radical (unpaired) electrons. The van der Waals surface area contributed by atoms with E-state index in [1.165, 1.54) is 17.3 Å². The molecule has 2 aliphatic rings. The van der Waals surface area contributed by atoms with Crippen LogP contribution in [0.3, 0.4) is 0 Å². The SMILES string of the molecule is O=C(NC[C@@H]1[C@@H]2Cc3ccccc3[C@@H]12)c1c[nH]c(=O)c([N+](=O)[O-])c1. The Labute approximate surface area is 136 Å². The van der Waals surface area contributed by atoms with Gasteiger partial charge in [-0.05, 0) is 35.3 Å². The lowest BCUT2D eigenvalue weighted by atomic mass is 10.0. The number of fused-ring (bicyclic) bond motifs is 3. The highest BCUT2D eigenvalue weighted by atomic mass is 16.6. The summed E-state index contributed by atoms with van der Waals surface area (Å²) in [5.41, 5.74) is 1.42. The van der Waals surface area contributed by atoms with Crippen molar-refractivity contribution in [2.24, 2.45) is 11.8 Å². The minimum absolute atomic E-state index is 0.0903. The topological polar surface area (TPSA) is 105 Å². The van der Waals surface area contributed by atoms with Gasteiger partial charge in [0.05, 0.1) is 10.5 Å². The number of amides is 1. The van der Waals surface area contributed by atoms with Crippen LogP contribution in [0.5, 0.6) is 0 Å². The first-order valence-electron chi connectivity index (χ1n) is 7.79. The number of carbonyl (C=O) groups is 1. The van der Waals surface area contributed by atoms with Gasteiger partial charge in [0.2, 0.25) is 0 Å². The number of pyridine rings is 1. The summed E-state index contributed by atoms with van der Waals surface area (Å²) in [5, 5.41) is 13.6. The van der Waals surface area contributed by atoms with Gasteiger partial charge in [0, 0.05) is 18.8 Å². The number of carbonyl (C=O) groups excluding carboxylic acids is 1. The lowest BCUT2D eigenvalue weighted by Crippen LogP contribution is -2.27. The lowest BCUT2D eigenvalue weighted by molar-refractivity contribution is -0.386. The fourth-order valence-electron chi connectivity index (χ4n) is 3.81. The average molecular weight is 325 g/mol. The molecule has 0 saturated heterocycles. The van der Waals surface area contributed by atoms with Crippen molar-refractivity contribution in [1.82, 2.24) is 10.3 Å². The minimum Gasteiger partial charge on any atom is -0.352 e. The summed E-state index contributed by atoms with van der Waals surface area (Å²) >= 11 is 0. The van der Waals surface area contributed by atoms with Crippen LogP contribution in [0, 0.1) is 22.0 Å². The fourth-order valence-corrected chi connectivity index (χ4v) is 3.81. The molecule has 1 saturated carbocycles. The van der Waals surface area contributed by atoms with Crippen LogP contribution < -0.4 is 10.9 Å². The third-order valence-electron chi connectivity index (χ3n) is 5.04. The monoisotopic (exact) mass is 325 g/mol. The molecule has 1 heterocycles. The van der Waals surface area contributed by atoms with E-state index in [2.05, 4.69) is 22.4 Å². The third-order valence-corrected chi connectivity index (χ3v) is 5.04. The van der Waals surface area contributed by atoms with Crippen LogP contribution in [0.2, 0.25) is 0 Å². The Balaban J connectivity index is 1.42. The Hall–Kier alpha value is -2.96. The number of nitro groups is 1. The van der Waals surface area contributed by atoms with E-state index >= 15 is 0 Å². The summed E-state index contributed by atoms with van der Waals surface area (Å²) in [6.45, 7) is 0.537. The Morgan fingerprint density at radius 2 is 2.17 bits per heavy atom. The van der Waals surface area contributed by atoms with E-state index < -0.39 is 22.1 Å². The molecular formula is C17H15N3O4. The van der Waals surface area contributed by atoms with Crippen LogP contribution >= 0.6 is 0 Å². The van der Waals surface area contributed by atoms with Crippen molar-refractivity contribution in [2.45, 2.75) is 12.3 Å². The zero-order valence-corrected chi connectivity index (χ0v) is 12.7. The maximum absolute atomic E-state index is 12.2. The number of rotatable bonds is 4. The molecule has 1 amide bonds. The Morgan fingerprint density at radius 1 is 1.38 bits per heavy atom. The van der Waals surface area contributed by atoms with E-state index in [9.17, 15) is 19.7 Å². The van der Waals surface area contributed by atoms with E-state index in [1.807, 2.05) is 12.1 Å². The molecule has 24 heavy (non-hydrogen) atoms. The van der Waals surface area contributed by atoms with Gasteiger partial charge in [0.15, 0.2) is 0 Å². The summed E-state index contributed by atoms with van der Waals surface area (Å²) < 4.78 is 0. The molecule has 1 aromatic carbocycles. The van der Waals surface area contributed by atoms with Gasteiger partial charge < -0.3 is 10.3 Å². The molecule has 4 rings (SSSR count). The second-order valence-corrected chi connectivity index (χ2v) is 6.33. The van der Waals surface area contributed by atoms with Crippen LogP contribution in [0.25, 0.3) is 0 Å². The van der Waals surface area contributed by atoms with Gasteiger partial charge in [0.25, 0.3) is 5.91 Å². The van der Waals surface area contributed by atoms with Crippen LogP contribution in [0.15, 0.2) is 41.3 Å². The van der Waals surface area contributed by atoms with Gasteiger partial charge in [-0.1, -0.05) is 24.3 Å². The predicted molar refractivity (Wildman–Crippen MR) is 85.9 cm³/mol. The highest BCUT2D eigenvalue weighted by Gasteiger charge is 2.54. The summed E-state index contributed by atoms with van der Waals surface area (Å²) in [6, 6.07) is 9.39. The van der Waals surface area contributed by atoms with Gasteiger partial charge in [-0.25, -0.2) is 0 Å². The van der Waals surface area contributed by atoms with Crippen LogP contribution in [-0.2, 0) is 6.42 Å². The standard InChI is InChI=1S/C17H15N3O4/c21-16(10-6-14(20(23)24)17(22)18-7-10)19-8-13-12-5-9-3-1-2-4-11(9)15(12)13/h1-4,6-7,12-13,15H,5,8H2,(H,18,22)(H,19,21)/t12-,13+,15+/m0/s1. The van der Waals surface area contributed by atoms with E-state index in [1.54, 1.807) is 0 Å². The number of aromatic amines is 1. The summed E-state index contributed by atoms with van der Waals surface area (Å²) in [4.78, 5) is 35.7. The highest BCUT2D eigenvalue weighted by molar-refractivity contribution is 5.94. The molecule has 2 N–H and O–H groups in total. The third kappa shape index (κ3) is 2.29. The molecule has 7 heteroatoms. The zero-order valence-electron chi connectivity index (χ0n) is 12.7. The van der Waals surface area contributed by atoms with Gasteiger partial charge in [-0.15, -0.1) is 0 Å². The first-order valence-corrected chi connectivity index (χ1v) is 7.79. The van der Waals surface area contributed by atoms with Gasteiger partial charge in [-0.3, -0.25) is 19.7 Å². The van der Waals surface area contributed by atoms with Crippen molar-refractivity contribution in [2.75, 3.05) is 6.54 Å². The van der Waals surface area contributed by atoms with Crippen molar-refractivity contribution < 1.29 is 9.72 Å². The molecule has 122 valence electrons. The number of aromatic nitrogens is 1. The van der Waals surface area contributed by atoms with E-state index in [4.69, 9.17) is 0 Å². The van der Waals surface area contributed by atoms with Gasteiger partial charge in [0.1, 0.15) is 0 Å². The second-order valence-electron chi connectivity index (χ2n) is 6.33. The van der Waals surface area contributed by atoms with Crippen molar-refractivity contribution in [3.8, 4) is 0 Å². The van der Waals surface area contributed by atoms with Gasteiger partial charge >= 0.3 is 11.2 Å². The molecule has 0 aliphatic heterocycles. The van der Waals surface area contributed by atoms with Crippen LogP contribution in [-0.4, -0.2) is 22.4 Å². The van der Waals surface area contributed by atoms with Gasteiger partial charge in [-0.2, -0.15) is 0 Å². The molecule has 0 unspecified atom stereocenters. The maximum atomic E-state index is 12.2. The van der Waals surface area contributed by atoms with E-state index in [0.29, 0.717) is 24.3 Å². The molecule has 1 fully saturated rings. The summed E-state index contributed by atoms with van der Waals surface area (Å²) in [7, 11) is 0. The van der Waals surface area contributed by atoms with E-state index in [-0.39, 0.29) is 5.56 Å². The highest BCUT2D eigenvalue weighted by Crippen LogP contribution is 2.60. The molecule has 2 aromatic rings. The van der Waals surface area contributed by atoms with Crippen molar-refractivity contribution >= 4 is 11.6 Å². The Bertz CT molecular complexity index is 905. The largest absolute Gasteiger partial charge is 0.352 e. The van der Waals surface area contributed by atoms with Crippen molar-refractivity contribution in [1.29, 1.82) is 0 Å². The molecule has 0 spiro atoms. The molecule has 0 bridgehead atoms. The van der Waals surface area contributed by atoms with Crippen LogP contribution in [0.1, 0.15) is 27.4 Å². The van der Waals surface area contributed by atoms with E-state index in [0.717, 1.165) is 12.5 Å². The Kier molecular flexibility index (Phi) is 3.23. The molecule has 1 aromatic heterocycles. The maximum Gasteiger partial charge on any atom is 0.334 e. The summed E-state index contributed by atoms with van der Waals surface area (Å²) in [5.74, 6) is 1.09. The van der Waals surface area contributed by atoms with Crippen LogP contribution in [0.4, 0.5) is 5.69 Å². The number of hydrogen-bond acceptors (Lipinski definition) is 4. The molecule has 2 aliphatic carbocycles. The average Bonchev–Trinajstić information content (AvgIpc) is 3.11. The number of H-pyrrole nitrogens is 1. The molecule has 7 nitrogen and oxygen atoms in total. The normalized spacial score (nSPS) is 23.2. The second kappa shape index (κ2) is 5.30. The molecule has 3 atom stereocenters. The fraction of sp³-hybridized carbons (Fsp3) is 0.294. The lowest BCUT2D eigenvalue weighted by Gasteiger charge is -2.09. The molecular weight excluding hydrogens is 310 g/mol. The Morgan fingerprint density at radius 3 is 2.96 bits per heavy atom. The predicted octanol–water partition coefficient (Wildman–Crippen LogP) is 1.60. The summed E-state index contributed by atoms with van der Waals surface area (Å²) in [6.07, 6.45) is 2.25. The van der Waals surface area contributed by atoms with Crippen molar-refractivity contribution in [3.63, 3.8) is 0 Å². The first-order chi connectivity index (χ1) is 11.6. The zero-order chi connectivity index (χ0) is 16.8. The minimum atomic E-state index is -0.815. The number of nitrogens with one attached hydrogen (secondary N) is 2. The smallest absolute Gasteiger partial charge is 0.334 e. The van der Waals surface area contributed by atoms with Crippen molar-refractivity contribution in [3.05, 3.63) is 73.7 Å². The number of benzene rings is 1. The quantitative estimate of drug-likeness (QED) is 0.658.